The Balaban J connectivity index is 3.11. The third kappa shape index (κ3) is 3.89. The zero-order chi connectivity index (χ0) is 18.5. The molecule has 0 bridgehead atoms. The van der Waals surface area contributed by atoms with Crippen molar-refractivity contribution >= 4 is 11.9 Å². The lowest BCUT2D eigenvalue weighted by molar-refractivity contribution is -0.169. The molecular formula is C19H30O5. The fourth-order valence-corrected chi connectivity index (χ4v) is 3.57. The number of rotatable bonds is 7. The first-order valence-electron chi connectivity index (χ1n) is 8.20. The van der Waals surface area contributed by atoms with Crippen LogP contribution < -0.4 is 0 Å². The smallest absolute Gasteiger partial charge is 0.323 e. The van der Waals surface area contributed by atoms with Gasteiger partial charge in [0.1, 0.15) is 0 Å². The molecule has 0 spiro atoms. The average Bonchev–Trinajstić information content (AvgIpc) is 2.92. The molecule has 0 heterocycles. The Morgan fingerprint density at radius 3 is 2.21 bits per heavy atom. The molecule has 0 aromatic heterocycles. The lowest BCUT2D eigenvalue weighted by Crippen LogP contribution is -2.42. The van der Waals surface area contributed by atoms with Crippen LogP contribution in [0, 0.1) is 11.3 Å². The van der Waals surface area contributed by atoms with Crippen LogP contribution in [0.2, 0.25) is 0 Å². The summed E-state index contributed by atoms with van der Waals surface area (Å²) in [5, 5.41) is 0. The van der Waals surface area contributed by atoms with Gasteiger partial charge in [0.05, 0.1) is 19.8 Å². The van der Waals surface area contributed by atoms with E-state index < -0.39 is 23.0 Å². The Morgan fingerprint density at radius 2 is 1.79 bits per heavy atom. The number of methoxy groups -OCH3 is 3. The third-order valence-electron chi connectivity index (χ3n) is 5.12. The molecule has 1 saturated carbocycles. The predicted octanol–water partition coefficient (Wildman–Crippen LogP) is 3.44. The van der Waals surface area contributed by atoms with E-state index >= 15 is 0 Å². The van der Waals surface area contributed by atoms with Crippen molar-refractivity contribution in [2.75, 3.05) is 21.3 Å². The lowest BCUT2D eigenvalue weighted by Gasteiger charge is -2.35. The topological polar surface area (TPSA) is 61.8 Å². The minimum Gasteiger partial charge on any atom is -0.468 e. The summed E-state index contributed by atoms with van der Waals surface area (Å²) in [4.78, 5) is 24.7. The molecule has 136 valence electrons. The summed E-state index contributed by atoms with van der Waals surface area (Å²) < 4.78 is 15.6. The van der Waals surface area contributed by atoms with Crippen molar-refractivity contribution in [3.8, 4) is 0 Å². The van der Waals surface area contributed by atoms with E-state index in [1.165, 1.54) is 19.8 Å². The van der Waals surface area contributed by atoms with E-state index in [4.69, 9.17) is 14.2 Å². The van der Waals surface area contributed by atoms with Crippen molar-refractivity contribution in [2.45, 2.75) is 52.1 Å². The molecule has 0 unspecified atom stereocenters. The van der Waals surface area contributed by atoms with Gasteiger partial charge in [0, 0.05) is 13.0 Å². The van der Waals surface area contributed by atoms with Crippen LogP contribution in [0.5, 0.6) is 0 Å². The van der Waals surface area contributed by atoms with Gasteiger partial charge < -0.3 is 14.2 Å². The maximum Gasteiger partial charge on any atom is 0.323 e. The molecule has 5 nitrogen and oxygen atoms in total. The Kier molecular flexibility index (Phi) is 6.78. The summed E-state index contributed by atoms with van der Waals surface area (Å²) in [5.74, 6) is -1.26. The minimum absolute atomic E-state index is 0.119. The van der Waals surface area contributed by atoms with Gasteiger partial charge in [0.15, 0.2) is 5.41 Å². The van der Waals surface area contributed by atoms with Gasteiger partial charge in [0.25, 0.3) is 0 Å². The SMILES string of the molecule is C=C1CC(C(=O)OC)(C(=O)OC)C[C@@H]1[C@](C)(CCC=C(C)C)OC. The summed E-state index contributed by atoms with van der Waals surface area (Å²) in [5.41, 5.74) is 0.249. The van der Waals surface area contributed by atoms with Crippen molar-refractivity contribution < 1.29 is 23.8 Å². The second-order valence-corrected chi connectivity index (χ2v) is 6.99. The molecule has 1 fully saturated rings. The lowest BCUT2D eigenvalue weighted by atomic mass is 9.78. The second-order valence-electron chi connectivity index (χ2n) is 6.99. The highest BCUT2D eigenvalue weighted by Crippen LogP contribution is 2.52. The van der Waals surface area contributed by atoms with Gasteiger partial charge in [-0.25, -0.2) is 0 Å². The van der Waals surface area contributed by atoms with E-state index in [9.17, 15) is 9.59 Å². The van der Waals surface area contributed by atoms with Crippen LogP contribution in [-0.4, -0.2) is 38.9 Å². The van der Waals surface area contributed by atoms with Crippen LogP contribution in [0.25, 0.3) is 0 Å². The van der Waals surface area contributed by atoms with E-state index in [1.807, 2.05) is 6.92 Å². The highest BCUT2D eigenvalue weighted by molar-refractivity contribution is 6.01. The number of carbonyl (C=O) groups is 2. The van der Waals surface area contributed by atoms with Crippen LogP contribution in [-0.2, 0) is 23.8 Å². The first-order valence-corrected chi connectivity index (χ1v) is 8.20. The largest absolute Gasteiger partial charge is 0.468 e. The predicted molar refractivity (Wildman–Crippen MR) is 92.4 cm³/mol. The molecule has 1 rings (SSSR count). The van der Waals surface area contributed by atoms with Gasteiger partial charge in [-0.2, -0.15) is 0 Å². The zero-order valence-corrected chi connectivity index (χ0v) is 15.7. The number of carbonyl (C=O) groups excluding carboxylic acids is 2. The summed E-state index contributed by atoms with van der Waals surface area (Å²) in [7, 11) is 4.23. The Labute approximate surface area is 145 Å². The number of hydrogen-bond acceptors (Lipinski definition) is 5. The van der Waals surface area contributed by atoms with Crippen LogP contribution in [0.15, 0.2) is 23.8 Å². The van der Waals surface area contributed by atoms with Crippen LogP contribution in [0.4, 0.5) is 0 Å². The summed E-state index contributed by atoms with van der Waals surface area (Å²) >= 11 is 0. The van der Waals surface area contributed by atoms with Crippen LogP contribution >= 0.6 is 0 Å². The molecule has 0 N–H and O–H groups in total. The van der Waals surface area contributed by atoms with E-state index in [1.54, 1.807) is 7.11 Å². The summed E-state index contributed by atoms with van der Waals surface area (Å²) in [6.45, 7) is 10.2. The van der Waals surface area contributed by atoms with Gasteiger partial charge in [-0.1, -0.05) is 23.8 Å². The molecular weight excluding hydrogens is 308 g/mol. The van der Waals surface area contributed by atoms with E-state index in [2.05, 4.69) is 26.5 Å². The van der Waals surface area contributed by atoms with Crippen molar-refractivity contribution in [3.05, 3.63) is 23.8 Å². The van der Waals surface area contributed by atoms with Gasteiger partial charge in [-0.05, 0) is 46.5 Å². The molecule has 0 aliphatic heterocycles. The molecule has 5 heteroatoms. The molecule has 0 saturated heterocycles. The summed E-state index contributed by atoms with van der Waals surface area (Å²) in [6.07, 6.45) is 4.32. The molecule has 2 atom stereocenters. The van der Waals surface area contributed by atoms with Crippen molar-refractivity contribution in [3.63, 3.8) is 0 Å². The minimum atomic E-state index is -1.32. The van der Waals surface area contributed by atoms with E-state index in [0.717, 1.165) is 18.4 Å². The standard InChI is InChI=1S/C19H30O5/c1-13(2)9-8-10-18(4,24-7)15-12-19(11-14(15)3,16(20)22-5)17(21)23-6/h9,15H,3,8,10-12H2,1-2,4-7H3/t15-,18-/m0/s1. The van der Waals surface area contributed by atoms with E-state index in [-0.39, 0.29) is 12.3 Å². The first-order chi connectivity index (χ1) is 11.2. The highest BCUT2D eigenvalue weighted by atomic mass is 16.5. The maximum absolute atomic E-state index is 12.3. The fraction of sp³-hybridized carbons (Fsp3) is 0.684. The maximum atomic E-state index is 12.3. The van der Waals surface area contributed by atoms with E-state index in [0.29, 0.717) is 6.42 Å². The quantitative estimate of drug-likeness (QED) is 0.404. The monoisotopic (exact) mass is 338 g/mol. The summed E-state index contributed by atoms with van der Waals surface area (Å²) in [6, 6.07) is 0. The van der Waals surface area contributed by atoms with Gasteiger partial charge in [-0.3, -0.25) is 9.59 Å². The normalized spacial score (nSPS) is 21.8. The third-order valence-corrected chi connectivity index (χ3v) is 5.12. The zero-order valence-electron chi connectivity index (χ0n) is 15.7. The van der Waals surface area contributed by atoms with Gasteiger partial charge >= 0.3 is 11.9 Å². The van der Waals surface area contributed by atoms with Gasteiger partial charge in [-0.15, -0.1) is 0 Å². The molecule has 0 radical (unpaired) electrons. The average molecular weight is 338 g/mol. The molecule has 1 aliphatic rings. The molecule has 0 aromatic rings. The Bertz CT molecular complexity index is 514. The van der Waals surface area contributed by atoms with Gasteiger partial charge in [0.2, 0.25) is 0 Å². The van der Waals surface area contributed by atoms with Crippen molar-refractivity contribution in [1.29, 1.82) is 0 Å². The highest BCUT2D eigenvalue weighted by Gasteiger charge is 2.58. The molecule has 24 heavy (non-hydrogen) atoms. The molecule has 1 aliphatic carbocycles. The number of ether oxygens (including phenoxy) is 3. The van der Waals surface area contributed by atoms with Crippen molar-refractivity contribution in [1.82, 2.24) is 0 Å². The molecule has 0 amide bonds. The fourth-order valence-electron chi connectivity index (χ4n) is 3.57. The number of allylic oxidation sites excluding steroid dienone is 2. The van der Waals surface area contributed by atoms with Crippen molar-refractivity contribution in [2.24, 2.45) is 11.3 Å². The first kappa shape index (κ1) is 20.4. The number of esters is 2. The Hall–Kier alpha value is -1.62. The van der Waals surface area contributed by atoms with Crippen LogP contribution in [0.1, 0.15) is 46.5 Å². The Morgan fingerprint density at radius 1 is 1.25 bits per heavy atom. The molecule has 0 aromatic carbocycles. The number of hydrogen-bond donors (Lipinski definition) is 0. The second kappa shape index (κ2) is 7.97. The van der Waals surface area contributed by atoms with Crippen LogP contribution in [0.3, 0.4) is 0 Å².